The van der Waals surface area contributed by atoms with E-state index in [1.807, 2.05) is 17.0 Å². The lowest BCUT2D eigenvalue weighted by Crippen LogP contribution is -2.30. The van der Waals surface area contributed by atoms with Crippen molar-refractivity contribution in [3.8, 4) is 11.5 Å². The summed E-state index contributed by atoms with van der Waals surface area (Å²) in [6.07, 6.45) is -3.88. The summed E-state index contributed by atoms with van der Waals surface area (Å²) in [7, 11) is 3.13. The van der Waals surface area contributed by atoms with Gasteiger partial charge in [0.25, 0.3) is 0 Å². The van der Waals surface area contributed by atoms with Gasteiger partial charge in [0.05, 0.1) is 20.8 Å². The molecule has 1 aliphatic heterocycles. The van der Waals surface area contributed by atoms with Crippen LogP contribution in [0.1, 0.15) is 22.9 Å². The minimum Gasteiger partial charge on any atom is -0.493 e. The Morgan fingerprint density at radius 1 is 1.12 bits per heavy atom. The predicted molar refractivity (Wildman–Crippen MR) is 76.7 cm³/mol. The number of fused-ring (bicyclic) bond motifs is 1. The van der Waals surface area contributed by atoms with Gasteiger partial charge in [-0.2, -0.15) is 13.2 Å². The number of hydrogen-bond acceptors (Lipinski definition) is 6. The number of hydrogen-bond donors (Lipinski definition) is 0. The number of aromatic nitrogens is 2. The van der Waals surface area contributed by atoms with E-state index in [0.717, 1.165) is 17.5 Å². The lowest BCUT2D eigenvalue weighted by Gasteiger charge is -2.28. The van der Waals surface area contributed by atoms with Crippen LogP contribution in [0.2, 0.25) is 0 Å². The van der Waals surface area contributed by atoms with Gasteiger partial charge in [-0.1, -0.05) is 0 Å². The molecule has 1 aromatic heterocycles. The molecule has 0 atom stereocenters. The van der Waals surface area contributed by atoms with Crippen molar-refractivity contribution in [1.29, 1.82) is 0 Å². The SMILES string of the molecule is COc1cc2c(cc1OC)CN(Cc1nnc(C(F)(F)F)o1)CC2. The third-order valence-corrected chi connectivity index (χ3v) is 3.87. The van der Waals surface area contributed by atoms with E-state index in [-0.39, 0.29) is 12.4 Å². The van der Waals surface area contributed by atoms with Gasteiger partial charge in [-0.3, -0.25) is 4.90 Å². The zero-order valence-corrected chi connectivity index (χ0v) is 13.2. The molecule has 0 amide bonds. The first kappa shape index (κ1) is 16.6. The van der Waals surface area contributed by atoms with Gasteiger partial charge >= 0.3 is 12.1 Å². The van der Waals surface area contributed by atoms with Crippen molar-refractivity contribution in [3.63, 3.8) is 0 Å². The van der Waals surface area contributed by atoms with Crippen LogP contribution >= 0.6 is 0 Å². The first-order chi connectivity index (χ1) is 11.4. The van der Waals surface area contributed by atoms with Gasteiger partial charge in [-0.05, 0) is 29.7 Å². The number of rotatable bonds is 4. The summed E-state index contributed by atoms with van der Waals surface area (Å²) in [4.78, 5) is 1.95. The van der Waals surface area contributed by atoms with Gasteiger partial charge in [0.15, 0.2) is 11.5 Å². The highest BCUT2D eigenvalue weighted by molar-refractivity contribution is 5.48. The topological polar surface area (TPSA) is 60.6 Å². The van der Waals surface area contributed by atoms with Crippen LogP contribution in [-0.4, -0.2) is 35.9 Å². The number of alkyl halides is 3. The van der Waals surface area contributed by atoms with E-state index < -0.39 is 12.1 Å². The number of methoxy groups -OCH3 is 2. The molecule has 24 heavy (non-hydrogen) atoms. The lowest BCUT2D eigenvalue weighted by molar-refractivity contribution is -0.157. The molecule has 0 unspecified atom stereocenters. The molecule has 130 valence electrons. The molecule has 0 saturated carbocycles. The summed E-state index contributed by atoms with van der Waals surface area (Å²) in [5.41, 5.74) is 2.17. The molecule has 0 bridgehead atoms. The first-order valence-electron chi connectivity index (χ1n) is 7.26. The average Bonchev–Trinajstić information content (AvgIpc) is 3.02. The monoisotopic (exact) mass is 343 g/mol. The number of ether oxygens (including phenoxy) is 2. The van der Waals surface area contributed by atoms with Crippen molar-refractivity contribution < 1.29 is 27.1 Å². The molecule has 2 heterocycles. The van der Waals surface area contributed by atoms with Crippen LogP contribution in [0.5, 0.6) is 11.5 Å². The molecule has 1 aliphatic rings. The molecule has 0 radical (unpaired) electrons. The van der Waals surface area contributed by atoms with Crippen molar-refractivity contribution in [1.82, 2.24) is 15.1 Å². The summed E-state index contributed by atoms with van der Waals surface area (Å²) in [6.45, 7) is 1.39. The van der Waals surface area contributed by atoms with E-state index >= 15 is 0 Å². The molecule has 0 aliphatic carbocycles. The number of halogens is 3. The van der Waals surface area contributed by atoms with E-state index in [9.17, 15) is 13.2 Å². The van der Waals surface area contributed by atoms with Gasteiger partial charge in [0.1, 0.15) is 0 Å². The minimum absolute atomic E-state index is 0.0498. The second-order valence-corrected chi connectivity index (χ2v) is 5.44. The summed E-state index contributed by atoms with van der Waals surface area (Å²) in [6, 6.07) is 3.81. The van der Waals surface area contributed by atoms with Gasteiger partial charge in [-0.25, -0.2) is 0 Å². The molecule has 3 rings (SSSR count). The van der Waals surface area contributed by atoms with E-state index in [1.54, 1.807) is 14.2 Å². The molecular weight excluding hydrogens is 327 g/mol. The fraction of sp³-hybridized carbons (Fsp3) is 0.467. The fourth-order valence-electron chi connectivity index (χ4n) is 2.70. The lowest BCUT2D eigenvalue weighted by atomic mass is 9.99. The standard InChI is InChI=1S/C15H16F3N3O3/c1-22-11-5-9-3-4-21(7-10(9)6-12(11)23-2)8-13-19-20-14(24-13)15(16,17)18/h5-6H,3-4,7-8H2,1-2H3. The molecule has 0 spiro atoms. The Morgan fingerprint density at radius 2 is 1.79 bits per heavy atom. The molecule has 0 N–H and O–H groups in total. The van der Waals surface area contributed by atoms with Gasteiger partial charge in [0, 0.05) is 13.1 Å². The quantitative estimate of drug-likeness (QED) is 0.851. The van der Waals surface area contributed by atoms with Crippen LogP contribution in [0.15, 0.2) is 16.5 Å². The summed E-state index contributed by atoms with van der Waals surface area (Å²) < 4.78 is 52.7. The third-order valence-electron chi connectivity index (χ3n) is 3.87. The van der Waals surface area contributed by atoms with Crippen LogP contribution in [0.25, 0.3) is 0 Å². The Bertz CT molecular complexity index is 730. The highest BCUT2D eigenvalue weighted by Gasteiger charge is 2.38. The van der Waals surface area contributed by atoms with Crippen LogP contribution in [-0.2, 0) is 25.7 Å². The Hall–Kier alpha value is -2.29. The maximum absolute atomic E-state index is 12.5. The smallest absolute Gasteiger partial charge is 0.470 e. The van der Waals surface area contributed by atoms with Crippen LogP contribution in [0.3, 0.4) is 0 Å². The maximum atomic E-state index is 12.5. The largest absolute Gasteiger partial charge is 0.493 e. The third kappa shape index (κ3) is 3.30. The molecule has 1 aromatic carbocycles. The molecule has 2 aromatic rings. The summed E-state index contributed by atoms with van der Waals surface area (Å²) in [5.74, 6) is -0.0840. The highest BCUT2D eigenvalue weighted by Crippen LogP contribution is 2.33. The van der Waals surface area contributed by atoms with Crippen LogP contribution in [0, 0.1) is 0 Å². The van der Waals surface area contributed by atoms with E-state index in [0.29, 0.717) is 24.6 Å². The van der Waals surface area contributed by atoms with Crippen molar-refractivity contribution >= 4 is 0 Å². The molecule has 6 nitrogen and oxygen atoms in total. The zero-order valence-electron chi connectivity index (χ0n) is 13.2. The Kier molecular flexibility index (Phi) is 4.35. The van der Waals surface area contributed by atoms with E-state index in [1.165, 1.54) is 0 Å². The number of benzene rings is 1. The van der Waals surface area contributed by atoms with Crippen LogP contribution in [0.4, 0.5) is 13.2 Å². The predicted octanol–water partition coefficient (Wildman–Crippen LogP) is 2.66. The van der Waals surface area contributed by atoms with Crippen molar-refractivity contribution in [3.05, 3.63) is 35.0 Å². The van der Waals surface area contributed by atoms with Crippen LogP contribution < -0.4 is 9.47 Å². The minimum atomic E-state index is -4.62. The van der Waals surface area contributed by atoms with Crippen molar-refractivity contribution in [2.24, 2.45) is 0 Å². The van der Waals surface area contributed by atoms with Crippen molar-refractivity contribution in [2.75, 3.05) is 20.8 Å². The Labute approximate surface area is 136 Å². The normalized spacial score (nSPS) is 15.2. The first-order valence-corrected chi connectivity index (χ1v) is 7.26. The highest BCUT2D eigenvalue weighted by atomic mass is 19.4. The second-order valence-electron chi connectivity index (χ2n) is 5.44. The second kappa shape index (κ2) is 6.31. The van der Waals surface area contributed by atoms with Gasteiger partial charge < -0.3 is 13.9 Å². The van der Waals surface area contributed by atoms with E-state index in [4.69, 9.17) is 9.47 Å². The van der Waals surface area contributed by atoms with Gasteiger partial charge in [-0.15, -0.1) is 10.2 Å². The molecule has 9 heteroatoms. The molecule has 0 saturated heterocycles. The maximum Gasteiger partial charge on any atom is 0.470 e. The fourth-order valence-corrected chi connectivity index (χ4v) is 2.70. The summed E-state index contributed by atoms with van der Waals surface area (Å²) >= 11 is 0. The molecular formula is C15H16F3N3O3. The van der Waals surface area contributed by atoms with E-state index in [2.05, 4.69) is 14.6 Å². The summed E-state index contributed by atoms with van der Waals surface area (Å²) in [5, 5.41) is 6.51. The van der Waals surface area contributed by atoms with Crippen molar-refractivity contribution in [2.45, 2.75) is 25.7 Å². The average molecular weight is 343 g/mol. The number of nitrogens with zero attached hydrogens (tertiary/aromatic N) is 3. The Balaban J connectivity index is 1.74. The van der Waals surface area contributed by atoms with Gasteiger partial charge in [0.2, 0.25) is 5.89 Å². The zero-order chi connectivity index (χ0) is 17.3. The molecule has 0 fully saturated rings. The Morgan fingerprint density at radius 3 is 2.38 bits per heavy atom.